The van der Waals surface area contributed by atoms with Crippen molar-refractivity contribution in [2.75, 3.05) is 27.4 Å². The van der Waals surface area contributed by atoms with Crippen LogP contribution in [0.3, 0.4) is 0 Å². The summed E-state index contributed by atoms with van der Waals surface area (Å²) >= 11 is 0. The van der Waals surface area contributed by atoms with Gasteiger partial charge in [0, 0.05) is 27.4 Å². The van der Waals surface area contributed by atoms with Crippen LogP contribution in [-0.4, -0.2) is 56.4 Å². The van der Waals surface area contributed by atoms with Gasteiger partial charge in [-0.1, -0.05) is 26.2 Å². The van der Waals surface area contributed by atoms with Crippen LogP contribution in [0.5, 0.6) is 0 Å². The highest BCUT2D eigenvalue weighted by Crippen LogP contribution is 2.06. The molecule has 0 saturated carbocycles. The second-order valence-electron chi connectivity index (χ2n) is 5.43. The first-order valence-corrected chi connectivity index (χ1v) is 12.7. The topological polar surface area (TPSA) is 30.5 Å². The quantitative estimate of drug-likeness (QED) is 0.613. The summed E-state index contributed by atoms with van der Waals surface area (Å²) in [6, 6.07) is 0. The van der Waals surface area contributed by atoms with Crippen LogP contribution < -0.4 is 5.32 Å². The average Bonchev–Trinajstić information content (AvgIpc) is 2.27. The Kier molecular flexibility index (Phi) is 10.4. The summed E-state index contributed by atoms with van der Waals surface area (Å²) in [6.07, 6.45) is 2.32. The lowest BCUT2D eigenvalue weighted by atomic mass is 10.4. The molecule has 3 nitrogen and oxygen atoms in total. The van der Waals surface area contributed by atoms with Gasteiger partial charge in [0.15, 0.2) is 0 Å². The summed E-state index contributed by atoms with van der Waals surface area (Å²) in [5.74, 6) is 0. The molecule has 0 radical (unpaired) electrons. The van der Waals surface area contributed by atoms with E-state index in [0.717, 1.165) is 26.1 Å². The molecule has 0 aromatic carbocycles. The molecule has 0 aromatic rings. The third-order valence-electron chi connectivity index (χ3n) is 3.30. The van der Waals surface area contributed by atoms with Gasteiger partial charge >= 0.3 is 0 Å². The van der Waals surface area contributed by atoms with E-state index in [1.165, 1.54) is 0 Å². The predicted octanol–water partition coefficient (Wildman–Crippen LogP) is 1.44. The first-order valence-electron chi connectivity index (χ1n) is 6.76. The van der Waals surface area contributed by atoms with Gasteiger partial charge in [-0.2, -0.15) is 0 Å². The molecule has 17 heavy (non-hydrogen) atoms. The van der Waals surface area contributed by atoms with Crippen molar-refractivity contribution in [1.82, 2.24) is 5.32 Å². The summed E-state index contributed by atoms with van der Waals surface area (Å²) < 4.78 is 10.4. The van der Waals surface area contributed by atoms with Crippen molar-refractivity contribution in [3.63, 3.8) is 0 Å². The fourth-order valence-corrected chi connectivity index (χ4v) is 5.07. The normalized spacial score (nSPS) is 15.5. The first kappa shape index (κ1) is 17.3. The summed E-state index contributed by atoms with van der Waals surface area (Å²) in [5.41, 5.74) is 1.40. The first-order chi connectivity index (χ1) is 8.02. The van der Waals surface area contributed by atoms with Gasteiger partial charge < -0.3 is 14.8 Å². The zero-order valence-corrected chi connectivity index (χ0v) is 14.8. The standard InChI is InChI=1S/C12H31NO2Si2/c1-14-9-7-11(16(3)4)13-12(17(5)6)8-10-15-2/h11-13,16-17H,7-10H2,1-6H3. The number of ether oxygens (including phenoxy) is 2. The maximum atomic E-state index is 5.21. The van der Waals surface area contributed by atoms with Gasteiger partial charge in [-0.05, 0) is 24.2 Å². The van der Waals surface area contributed by atoms with Crippen molar-refractivity contribution < 1.29 is 9.47 Å². The number of hydrogen-bond donors (Lipinski definition) is 1. The zero-order valence-electron chi connectivity index (χ0n) is 12.5. The van der Waals surface area contributed by atoms with Gasteiger partial charge in [0.2, 0.25) is 0 Å². The van der Waals surface area contributed by atoms with Gasteiger partial charge in [-0.25, -0.2) is 0 Å². The van der Waals surface area contributed by atoms with E-state index in [1.54, 1.807) is 14.2 Å². The molecule has 1 N–H and O–H groups in total. The van der Waals surface area contributed by atoms with Gasteiger partial charge in [0.25, 0.3) is 0 Å². The van der Waals surface area contributed by atoms with Gasteiger partial charge in [-0.15, -0.1) is 0 Å². The fraction of sp³-hybridized carbons (Fsp3) is 1.00. The Labute approximate surface area is 110 Å². The lowest BCUT2D eigenvalue weighted by Crippen LogP contribution is -2.51. The third kappa shape index (κ3) is 8.10. The molecule has 5 heteroatoms. The molecule has 0 saturated heterocycles. The molecule has 0 bridgehead atoms. The highest BCUT2D eigenvalue weighted by molar-refractivity contribution is 6.59. The van der Waals surface area contributed by atoms with Crippen LogP contribution in [0.4, 0.5) is 0 Å². The van der Waals surface area contributed by atoms with Crippen LogP contribution in [0.15, 0.2) is 0 Å². The Hall–Kier alpha value is 0.314. The van der Waals surface area contributed by atoms with Gasteiger partial charge in [0.1, 0.15) is 0 Å². The Bertz CT molecular complexity index is 162. The summed E-state index contributed by atoms with van der Waals surface area (Å²) in [7, 11) is 2.26. The molecule has 2 atom stereocenters. The van der Waals surface area contributed by atoms with Crippen LogP contribution >= 0.6 is 0 Å². The molecule has 0 aliphatic carbocycles. The monoisotopic (exact) mass is 277 g/mol. The molecule has 2 unspecified atom stereocenters. The van der Waals surface area contributed by atoms with E-state index in [9.17, 15) is 0 Å². The number of rotatable bonds is 10. The Balaban J connectivity index is 4.23. The summed E-state index contributed by atoms with van der Waals surface area (Å²) in [6.45, 7) is 11.4. The van der Waals surface area contributed by atoms with Crippen molar-refractivity contribution in [1.29, 1.82) is 0 Å². The van der Waals surface area contributed by atoms with E-state index < -0.39 is 17.6 Å². The van der Waals surface area contributed by atoms with E-state index in [1.807, 2.05) is 0 Å². The maximum Gasteiger partial charge on any atom is 0.0506 e. The number of nitrogens with one attached hydrogen (secondary N) is 1. The average molecular weight is 278 g/mol. The van der Waals surface area contributed by atoms with Gasteiger partial charge in [-0.3, -0.25) is 0 Å². The molecular formula is C12H31NO2Si2. The fourth-order valence-electron chi connectivity index (χ4n) is 1.98. The van der Waals surface area contributed by atoms with Crippen molar-refractivity contribution in [2.24, 2.45) is 0 Å². The Morgan fingerprint density at radius 1 is 0.824 bits per heavy atom. The highest BCUT2D eigenvalue weighted by atomic mass is 28.3. The molecule has 0 aliphatic heterocycles. The lowest BCUT2D eigenvalue weighted by molar-refractivity contribution is 0.181. The predicted molar refractivity (Wildman–Crippen MR) is 81.5 cm³/mol. The van der Waals surface area contributed by atoms with E-state index in [0.29, 0.717) is 11.3 Å². The van der Waals surface area contributed by atoms with Crippen LogP contribution in [0.1, 0.15) is 12.8 Å². The SMILES string of the molecule is COCCC(NC(CCOC)[SiH](C)C)[SiH](C)C. The summed E-state index contributed by atoms with van der Waals surface area (Å²) in [5, 5.41) is 3.89. The van der Waals surface area contributed by atoms with E-state index in [2.05, 4.69) is 31.5 Å². The molecular weight excluding hydrogens is 246 g/mol. The zero-order chi connectivity index (χ0) is 13.3. The molecule has 0 spiro atoms. The van der Waals surface area contributed by atoms with Crippen LogP contribution in [-0.2, 0) is 9.47 Å². The van der Waals surface area contributed by atoms with Crippen molar-refractivity contribution in [2.45, 2.75) is 50.4 Å². The highest BCUT2D eigenvalue weighted by Gasteiger charge is 2.21. The largest absolute Gasteiger partial charge is 0.385 e. The minimum absolute atomic E-state index is 0.658. The molecule has 0 fully saturated rings. The molecule has 0 heterocycles. The van der Waals surface area contributed by atoms with E-state index >= 15 is 0 Å². The van der Waals surface area contributed by atoms with Crippen molar-refractivity contribution in [3.8, 4) is 0 Å². The minimum atomic E-state index is -0.658. The second-order valence-corrected chi connectivity index (χ2v) is 12.0. The molecule has 104 valence electrons. The second kappa shape index (κ2) is 10.3. The molecule has 0 aromatic heterocycles. The van der Waals surface area contributed by atoms with Gasteiger partial charge in [0.05, 0.1) is 17.6 Å². The van der Waals surface area contributed by atoms with E-state index in [-0.39, 0.29) is 0 Å². The third-order valence-corrected chi connectivity index (χ3v) is 7.57. The van der Waals surface area contributed by atoms with Crippen molar-refractivity contribution >= 4 is 17.6 Å². The Morgan fingerprint density at radius 2 is 1.18 bits per heavy atom. The molecule has 0 rings (SSSR count). The lowest BCUT2D eigenvalue weighted by Gasteiger charge is -2.30. The minimum Gasteiger partial charge on any atom is -0.385 e. The van der Waals surface area contributed by atoms with E-state index in [4.69, 9.17) is 9.47 Å². The van der Waals surface area contributed by atoms with Crippen LogP contribution in [0, 0.1) is 0 Å². The molecule has 0 aliphatic rings. The van der Waals surface area contributed by atoms with Crippen LogP contribution in [0.2, 0.25) is 26.2 Å². The van der Waals surface area contributed by atoms with Crippen molar-refractivity contribution in [3.05, 3.63) is 0 Å². The number of hydrogen-bond acceptors (Lipinski definition) is 3. The summed E-state index contributed by atoms with van der Waals surface area (Å²) in [4.78, 5) is 0. The molecule has 0 amide bonds. The maximum absolute atomic E-state index is 5.21. The van der Waals surface area contributed by atoms with Crippen LogP contribution in [0.25, 0.3) is 0 Å². The Morgan fingerprint density at radius 3 is 1.41 bits per heavy atom. The smallest absolute Gasteiger partial charge is 0.0506 e. The number of methoxy groups -OCH3 is 2.